The van der Waals surface area contributed by atoms with Gasteiger partial charge in [-0.05, 0) is 75.6 Å². The van der Waals surface area contributed by atoms with Crippen molar-refractivity contribution in [3.8, 4) is 5.75 Å². The molecule has 11 nitrogen and oxygen atoms in total. The number of hydrogen-bond donors (Lipinski definition) is 1. The van der Waals surface area contributed by atoms with Crippen LogP contribution in [-0.4, -0.2) is 54.1 Å². The molecule has 0 aliphatic heterocycles. The summed E-state index contributed by atoms with van der Waals surface area (Å²) in [7, 11) is 0. The van der Waals surface area contributed by atoms with Crippen molar-refractivity contribution in [3.63, 3.8) is 0 Å². The molecule has 2 aliphatic carbocycles. The zero-order chi connectivity index (χ0) is 26.8. The van der Waals surface area contributed by atoms with E-state index in [1.807, 2.05) is 0 Å². The van der Waals surface area contributed by atoms with Gasteiger partial charge in [-0.25, -0.2) is 14.4 Å². The van der Waals surface area contributed by atoms with E-state index in [0.717, 1.165) is 6.08 Å². The lowest BCUT2D eigenvalue weighted by molar-refractivity contribution is -0.158. The molecule has 1 aromatic carbocycles. The Morgan fingerprint density at radius 1 is 0.811 bits per heavy atom. The van der Waals surface area contributed by atoms with E-state index < -0.39 is 30.9 Å². The lowest BCUT2D eigenvalue weighted by atomic mass is 9.86. The number of benzene rings is 1. The normalized spacial score (nSPS) is 23.1. The minimum atomic E-state index is -1.09. The zero-order valence-electron chi connectivity index (χ0n) is 20.3. The number of carbonyl (C=O) groups is 5. The van der Waals surface area contributed by atoms with Crippen molar-refractivity contribution < 1.29 is 52.8 Å². The monoisotopic (exact) mass is 518 g/mol. The summed E-state index contributed by atoms with van der Waals surface area (Å²) in [5, 5.41) is 9.08. The van der Waals surface area contributed by atoms with Gasteiger partial charge in [-0.15, -0.1) is 0 Å². The van der Waals surface area contributed by atoms with Gasteiger partial charge in [-0.3, -0.25) is 9.59 Å². The van der Waals surface area contributed by atoms with Gasteiger partial charge in [0.25, 0.3) is 0 Å². The number of esters is 3. The molecular formula is C26H30O11. The van der Waals surface area contributed by atoms with Crippen LogP contribution in [0.25, 0.3) is 0 Å². The van der Waals surface area contributed by atoms with Crippen LogP contribution in [0.15, 0.2) is 36.9 Å². The van der Waals surface area contributed by atoms with Crippen molar-refractivity contribution in [1.29, 1.82) is 0 Å². The average Bonchev–Trinajstić information content (AvgIpc) is 2.89. The molecule has 0 amide bonds. The van der Waals surface area contributed by atoms with Gasteiger partial charge in [0, 0.05) is 6.08 Å². The van der Waals surface area contributed by atoms with Crippen molar-refractivity contribution in [2.75, 3.05) is 6.79 Å². The van der Waals surface area contributed by atoms with E-state index in [1.165, 1.54) is 24.3 Å². The van der Waals surface area contributed by atoms with E-state index in [1.54, 1.807) is 0 Å². The first-order valence-electron chi connectivity index (χ1n) is 12.1. The number of carboxylic acid groups (broad SMARTS) is 1. The lowest BCUT2D eigenvalue weighted by Gasteiger charge is -2.30. The Morgan fingerprint density at radius 3 is 1.95 bits per heavy atom. The standard InChI is InChI=1S/C26H30O11/c1-2-22(27)33-15-34-26(32)37-21-13-7-18(8-14-21)25(31)36-20-11-5-17(6-12-20)24(30)35-19-9-3-16(4-10-19)23(28)29/h2,7-8,13-14,16-17,19-20H,1,3-6,9-12,15H2,(H,28,29). The number of aliphatic carboxylic acids is 1. The molecule has 1 aromatic rings. The molecule has 0 bridgehead atoms. The summed E-state index contributed by atoms with van der Waals surface area (Å²) in [5.41, 5.74) is 0.263. The fraction of sp³-hybridized carbons (Fsp3) is 0.500. The van der Waals surface area contributed by atoms with Gasteiger partial charge < -0.3 is 28.8 Å². The Morgan fingerprint density at radius 2 is 1.38 bits per heavy atom. The molecule has 200 valence electrons. The van der Waals surface area contributed by atoms with Crippen molar-refractivity contribution in [2.45, 2.75) is 63.6 Å². The Labute approximate surface area is 213 Å². The highest BCUT2D eigenvalue weighted by Crippen LogP contribution is 2.31. The summed E-state index contributed by atoms with van der Waals surface area (Å²) in [5.74, 6) is -2.85. The molecule has 2 aliphatic rings. The Kier molecular flexibility index (Phi) is 10.0. The first-order valence-corrected chi connectivity index (χ1v) is 12.1. The quantitative estimate of drug-likeness (QED) is 0.167. The van der Waals surface area contributed by atoms with Crippen LogP contribution in [0.5, 0.6) is 5.75 Å². The van der Waals surface area contributed by atoms with Crippen molar-refractivity contribution >= 4 is 30.0 Å². The summed E-state index contributed by atoms with van der Waals surface area (Å²) in [6.07, 6.45) is 3.56. The van der Waals surface area contributed by atoms with Crippen LogP contribution < -0.4 is 4.74 Å². The predicted molar refractivity (Wildman–Crippen MR) is 125 cm³/mol. The Bertz CT molecular complexity index is 984. The number of ether oxygens (including phenoxy) is 5. The molecular weight excluding hydrogens is 488 g/mol. The second kappa shape index (κ2) is 13.4. The molecule has 0 unspecified atom stereocenters. The van der Waals surface area contributed by atoms with E-state index in [4.69, 9.17) is 19.3 Å². The van der Waals surface area contributed by atoms with Crippen molar-refractivity contribution in [1.82, 2.24) is 0 Å². The molecule has 3 rings (SSSR count). The molecule has 0 radical (unpaired) electrons. The van der Waals surface area contributed by atoms with Gasteiger partial charge in [0.15, 0.2) is 0 Å². The molecule has 37 heavy (non-hydrogen) atoms. The van der Waals surface area contributed by atoms with Crippen LogP contribution in [0, 0.1) is 11.8 Å². The van der Waals surface area contributed by atoms with E-state index >= 15 is 0 Å². The first kappa shape index (κ1) is 27.7. The summed E-state index contributed by atoms with van der Waals surface area (Å²) < 4.78 is 25.2. The molecule has 0 spiro atoms. The fourth-order valence-corrected chi connectivity index (χ4v) is 4.30. The minimum absolute atomic E-state index is 0.118. The third-order valence-corrected chi connectivity index (χ3v) is 6.42. The number of rotatable bonds is 9. The highest BCUT2D eigenvalue weighted by Gasteiger charge is 2.33. The van der Waals surface area contributed by atoms with E-state index in [9.17, 15) is 24.0 Å². The molecule has 11 heteroatoms. The lowest BCUT2D eigenvalue weighted by Crippen LogP contribution is -2.33. The first-order chi connectivity index (χ1) is 17.7. The maximum atomic E-state index is 12.5. The second-order valence-electron chi connectivity index (χ2n) is 8.93. The molecule has 0 aromatic heterocycles. The third-order valence-electron chi connectivity index (χ3n) is 6.42. The zero-order valence-corrected chi connectivity index (χ0v) is 20.3. The van der Waals surface area contributed by atoms with Crippen LogP contribution in [0.1, 0.15) is 61.7 Å². The molecule has 0 saturated heterocycles. The number of carboxylic acids is 1. The van der Waals surface area contributed by atoms with Gasteiger partial charge in [0.05, 0.1) is 17.4 Å². The van der Waals surface area contributed by atoms with Gasteiger partial charge in [-0.2, -0.15) is 0 Å². The summed E-state index contributed by atoms with van der Waals surface area (Å²) in [6, 6.07) is 5.66. The van der Waals surface area contributed by atoms with Crippen LogP contribution in [0.3, 0.4) is 0 Å². The van der Waals surface area contributed by atoms with E-state index in [-0.39, 0.29) is 41.3 Å². The molecule has 1 N–H and O–H groups in total. The van der Waals surface area contributed by atoms with Gasteiger partial charge >= 0.3 is 30.0 Å². The third kappa shape index (κ3) is 8.62. The predicted octanol–water partition coefficient (Wildman–Crippen LogP) is 3.79. The van der Waals surface area contributed by atoms with E-state index in [2.05, 4.69) is 16.1 Å². The summed E-state index contributed by atoms with van der Waals surface area (Å²) in [6.45, 7) is 2.58. The highest BCUT2D eigenvalue weighted by atomic mass is 16.8. The fourth-order valence-electron chi connectivity index (χ4n) is 4.30. The van der Waals surface area contributed by atoms with Gasteiger partial charge in [0.1, 0.15) is 18.0 Å². The molecule has 0 atom stereocenters. The second-order valence-corrected chi connectivity index (χ2v) is 8.93. The highest BCUT2D eigenvalue weighted by molar-refractivity contribution is 5.89. The van der Waals surface area contributed by atoms with Crippen LogP contribution in [0.2, 0.25) is 0 Å². The van der Waals surface area contributed by atoms with E-state index in [0.29, 0.717) is 51.4 Å². The smallest absolute Gasteiger partial charge is 0.481 e. The van der Waals surface area contributed by atoms with Gasteiger partial charge in [0.2, 0.25) is 6.79 Å². The summed E-state index contributed by atoms with van der Waals surface area (Å²) >= 11 is 0. The Balaban J connectivity index is 1.36. The minimum Gasteiger partial charge on any atom is -0.481 e. The van der Waals surface area contributed by atoms with Crippen LogP contribution >= 0.6 is 0 Å². The number of hydrogen-bond acceptors (Lipinski definition) is 10. The van der Waals surface area contributed by atoms with Crippen molar-refractivity contribution in [3.05, 3.63) is 42.5 Å². The maximum absolute atomic E-state index is 12.5. The number of carbonyl (C=O) groups excluding carboxylic acids is 4. The average molecular weight is 519 g/mol. The van der Waals surface area contributed by atoms with Gasteiger partial charge in [-0.1, -0.05) is 6.58 Å². The van der Waals surface area contributed by atoms with Crippen molar-refractivity contribution in [2.24, 2.45) is 11.8 Å². The topological polar surface area (TPSA) is 152 Å². The molecule has 0 heterocycles. The molecule has 2 fully saturated rings. The Hall–Kier alpha value is -3.89. The maximum Gasteiger partial charge on any atom is 0.516 e. The van der Waals surface area contributed by atoms with Crippen LogP contribution in [-0.2, 0) is 33.3 Å². The largest absolute Gasteiger partial charge is 0.516 e. The van der Waals surface area contributed by atoms with Crippen LogP contribution in [0.4, 0.5) is 4.79 Å². The summed E-state index contributed by atoms with van der Waals surface area (Å²) in [4.78, 5) is 58.5. The molecule has 2 saturated carbocycles. The SMILES string of the molecule is C=CC(=O)OCOC(=O)Oc1ccc(C(=O)OC2CCC(C(=O)OC3CCC(C(=O)O)CC3)CC2)cc1.